The van der Waals surface area contributed by atoms with Crippen molar-refractivity contribution in [1.82, 2.24) is 9.55 Å². The summed E-state index contributed by atoms with van der Waals surface area (Å²) in [6.07, 6.45) is 1.95. The second-order valence-corrected chi connectivity index (χ2v) is 4.21. The van der Waals surface area contributed by atoms with Crippen molar-refractivity contribution in [3.63, 3.8) is 0 Å². The van der Waals surface area contributed by atoms with E-state index < -0.39 is 0 Å². The Kier molecular flexibility index (Phi) is 2.21. The van der Waals surface area contributed by atoms with Crippen molar-refractivity contribution in [2.24, 2.45) is 0 Å². The average Bonchev–Trinajstić information content (AvgIpc) is 2.89. The number of anilines is 1. The molecule has 2 heterocycles. The molecule has 3 rings (SSSR count). The first-order valence-electron chi connectivity index (χ1n) is 5.72. The number of aryl methyl sites for hydroxylation is 1. The van der Waals surface area contributed by atoms with Crippen LogP contribution in [0.4, 0.5) is 5.82 Å². The summed E-state index contributed by atoms with van der Waals surface area (Å²) in [6.45, 7) is 0.841. The number of nitrogens with two attached hydrogens (primary N) is 1. The Balaban J connectivity index is 2.08. The number of fused-ring (bicyclic) bond motifs is 1. The lowest BCUT2D eigenvalue weighted by Gasteiger charge is -2.04. The number of rotatable bonds is 2. The van der Waals surface area contributed by atoms with Crippen LogP contribution in [0.1, 0.15) is 28.3 Å². The lowest BCUT2D eigenvalue weighted by Crippen LogP contribution is -2.11. The summed E-state index contributed by atoms with van der Waals surface area (Å²) in [7, 11) is 0. The minimum absolute atomic E-state index is 0.0382. The summed E-state index contributed by atoms with van der Waals surface area (Å²) in [5.74, 6) is 1.25. The molecule has 1 aromatic carbocycles. The van der Waals surface area contributed by atoms with Crippen molar-refractivity contribution in [2.45, 2.75) is 19.4 Å². The molecule has 86 valence electrons. The molecule has 2 aromatic rings. The van der Waals surface area contributed by atoms with Gasteiger partial charge in [0.05, 0.1) is 0 Å². The minimum atomic E-state index is -0.0382. The molecule has 4 heteroatoms. The zero-order valence-electron chi connectivity index (χ0n) is 9.39. The van der Waals surface area contributed by atoms with Crippen LogP contribution in [-0.2, 0) is 13.0 Å². The fourth-order valence-corrected chi connectivity index (χ4v) is 2.31. The van der Waals surface area contributed by atoms with Gasteiger partial charge < -0.3 is 10.3 Å². The van der Waals surface area contributed by atoms with Crippen LogP contribution in [0.15, 0.2) is 30.3 Å². The molecule has 0 spiro atoms. The molecule has 4 nitrogen and oxygen atoms in total. The highest BCUT2D eigenvalue weighted by Gasteiger charge is 2.24. The van der Waals surface area contributed by atoms with Crippen LogP contribution in [0.3, 0.4) is 0 Å². The third kappa shape index (κ3) is 1.53. The molecular formula is C13H13N3O. The zero-order chi connectivity index (χ0) is 11.8. The van der Waals surface area contributed by atoms with Crippen LogP contribution in [0.5, 0.6) is 0 Å². The first-order chi connectivity index (χ1) is 8.27. The molecule has 0 unspecified atom stereocenters. The van der Waals surface area contributed by atoms with Gasteiger partial charge in [-0.2, -0.15) is 0 Å². The van der Waals surface area contributed by atoms with Crippen molar-refractivity contribution in [1.29, 1.82) is 0 Å². The predicted octanol–water partition coefficient (Wildman–Crippen LogP) is 1.64. The Morgan fingerprint density at radius 2 is 2.06 bits per heavy atom. The van der Waals surface area contributed by atoms with Gasteiger partial charge in [0.1, 0.15) is 11.5 Å². The third-order valence-electron chi connectivity index (χ3n) is 3.11. The number of nitrogens with zero attached hydrogens (tertiary/aromatic N) is 2. The van der Waals surface area contributed by atoms with Crippen LogP contribution >= 0.6 is 0 Å². The molecule has 1 aliphatic heterocycles. The monoisotopic (exact) mass is 227 g/mol. The Bertz CT molecular complexity index is 572. The van der Waals surface area contributed by atoms with Gasteiger partial charge in [-0.05, 0) is 6.42 Å². The highest BCUT2D eigenvalue weighted by molar-refractivity contribution is 6.10. The molecule has 0 radical (unpaired) electrons. The van der Waals surface area contributed by atoms with E-state index in [4.69, 9.17) is 5.73 Å². The summed E-state index contributed by atoms with van der Waals surface area (Å²) in [4.78, 5) is 16.6. The Labute approximate surface area is 99.1 Å². The SMILES string of the molecule is Nc1nc2n(c1C(=O)c1ccccc1)CCC2. The van der Waals surface area contributed by atoms with E-state index in [2.05, 4.69) is 4.98 Å². The van der Waals surface area contributed by atoms with Gasteiger partial charge in [0.15, 0.2) is 5.82 Å². The molecule has 0 aliphatic carbocycles. The van der Waals surface area contributed by atoms with E-state index in [0.29, 0.717) is 17.1 Å². The van der Waals surface area contributed by atoms with E-state index in [1.54, 1.807) is 12.1 Å². The first kappa shape index (κ1) is 10.1. The lowest BCUT2D eigenvalue weighted by atomic mass is 10.1. The van der Waals surface area contributed by atoms with Gasteiger partial charge in [-0.1, -0.05) is 30.3 Å². The van der Waals surface area contributed by atoms with Gasteiger partial charge >= 0.3 is 0 Å². The highest BCUT2D eigenvalue weighted by atomic mass is 16.1. The molecule has 2 N–H and O–H groups in total. The van der Waals surface area contributed by atoms with Gasteiger partial charge in [0.25, 0.3) is 0 Å². The minimum Gasteiger partial charge on any atom is -0.382 e. The van der Waals surface area contributed by atoms with Crippen LogP contribution in [0.2, 0.25) is 0 Å². The molecule has 0 atom stereocenters. The average molecular weight is 227 g/mol. The maximum absolute atomic E-state index is 12.3. The van der Waals surface area contributed by atoms with Gasteiger partial charge in [-0.15, -0.1) is 0 Å². The molecule has 0 bridgehead atoms. The Morgan fingerprint density at radius 3 is 2.82 bits per heavy atom. The van der Waals surface area contributed by atoms with E-state index in [0.717, 1.165) is 25.2 Å². The van der Waals surface area contributed by atoms with Crippen molar-refractivity contribution in [3.8, 4) is 0 Å². The maximum Gasteiger partial charge on any atom is 0.213 e. The van der Waals surface area contributed by atoms with Crippen molar-refractivity contribution < 1.29 is 4.79 Å². The molecule has 0 saturated heterocycles. The molecule has 1 aliphatic rings. The quantitative estimate of drug-likeness (QED) is 0.793. The van der Waals surface area contributed by atoms with Crippen LogP contribution in [0, 0.1) is 0 Å². The molecule has 0 fully saturated rings. The second-order valence-electron chi connectivity index (χ2n) is 4.21. The molecule has 0 amide bonds. The predicted molar refractivity (Wildman–Crippen MR) is 64.8 cm³/mol. The summed E-state index contributed by atoms with van der Waals surface area (Å²) in [5, 5.41) is 0. The Morgan fingerprint density at radius 1 is 1.29 bits per heavy atom. The number of ketones is 1. The van der Waals surface area contributed by atoms with Gasteiger partial charge in [-0.25, -0.2) is 4.98 Å². The topological polar surface area (TPSA) is 60.9 Å². The van der Waals surface area contributed by atoms with Crippen molar-refractivity contribution in [2.75, 3.05) is 5.73 Å². The number of carbonyl (C=O) groups is 1. The second kappa shape index (κ2) is 3.73. The fourth-order valence-electron chi connectivity index (χ4n) is 2.31. The molecular weight excluding hydrogens is 214 g/mol. The largest absolute Gasteiger partial charge is 0.382 e. The molecule has 17 heavy (non-hydrogen) atoms. The smallest absolute Gasteiger partial charge is 0.213 e. The number of hydrogen-bond donors (Lipinski definition) is 1. The number of benzene rings is 1. The lowest BCUT2D eigenvalue weighted by molar-refractivity contribution is 0.103. The van der Waals surface area contributed by atoms with Crippen molar-refractivity contribution >= 4 is 11.6 Å². The molecule has 1 aromatic heterocycles. The normalized spacial score (nSPS) is 13.6. The van der Waals surface area contributed by atoms with Crippen LogP contribution in [-0.4, -0.2) is 15.3 Å². The number of nitrogen functional groups attached to an aromatic ring is 1. The number of aromatic nitrogens is 2. The molecule has 0 saturated carbocycles. The number of carbonyl (C=O) groups excluding carboxylic acids is 1. The van der Waals surface area contributed by atoms with Gasteiger partial charge in [0, 0.05) is 18.5 Å². The van der Waals surface area contributed by atoms with Gasteiger partial charge in [0.2, 0.25) is 5.78 Å². The first-order valence-corrected chi connectivity index (χ1v) is 5.72. The van der Waals surface area contributed by atoms with E-state index in [-0.39, 0.29) is 5.78 Å². The number of imidazole rings is 1. The Hall–Kier alpha value is -2.10. The summed E-state index contributed by atoms with van der Waals surface area (Å²) < 4.78 is 1.95. The van der Waals surface area contributed by atoms with E-state index in [1.807, 2.05) is 22.8 Å². The zero-order valence-corrected chi connectivity index (χ0v) is 9.39. The summed E-state index contributed by atoms with van der Waals surface area (Å²) in [5.41, 5.74) is 7.04. The standard InChI is InChI=1S/C13H13N3O/c14-13-11(16-8-4-7-10(16)15-13)12(17)9-5-2-1-3-6-9/h1-3,5-6H,4,7-8,14H2. The summed E-state index contributed by atoms with van der Waals surface area (Å²) in [6, 6.07) is 9.20. The summed E-state index contributed by atoms with van der Waals surface area (Å²) >= 11 is 0. The van der Waals surface area contributed by atoms with Crippen LogP contribution in [0.25, 0.3) is 0 Å². The fraction of sp³-hybridized carbons (Fsp3) is 0.231. The van der Waals surface area contributed by atoms with Crippen molar-refractivity contribution in [3.05, 3.63) is 47.4 Å². The van der Waals surface area contributed by atoms with E-state index >= 15 is 0 Å². The number of hydrogen-bond acceptors (Lipinski definition) is 3. The maximum atomic E-state index is 12.3. The van der Waals surface area contributed by atoms with E-state index in [9.17, 15) is 4.79 Å². The van der Waals surface area contributed by atoms with E-state index in [1.165, 1.54) is 0 Å². The van der Waals surface area contributed by atoms with Crippen LogP contribution < -0.4 is 5.73 Å². The third-order valence-corrected chi connectivity index (χ3v) is 3.11. The van der Waals surface area contributed by atoms with Gasteiger partial charge in [-0.3, -0.25) is 4.79 Å². The highest BCUT2D eigenvalue weighted by Crippen LogP contribution is 2.23.